The van der Waals surface area contributed by atoms with Crippen molar-refractivity contribution < 1.29 is 0 Å². The quantitative estimate of drug-likeness (QED) is 0.586. The van der Waals surface area contributed by atoms with E-state index in [0.29, 0.717) is 18.2 Å². The van der Waals surface area contributed by atoms with E-state index in [2.05, 4.69) is 15.0 Å². The third kappa shape index (κ3) is 2.08. The average Bonchev–Trinajstić information content (AvgIpc) is 2.82. The number of rotatable bonds is 3. The third-order valence-corrected chi connectivity index (χ3v) is 2.36. The Bertz CT molecular complexity index is 314. The maximum absolute atomic E-state index is 5.93. The fourth-order valence-corrected chi connectivity index (χ4v) is 1.45. The molecular formula is C8H14N6. The predicted molar refractivity (Wildman–Crippen MR) is 53.1 cm³/mol. The molecule has 0 saturated heterocycles. The number of nitrogens with zero attached hydrogens (tertiary/aromatic N) is 3. The molecule has 1 aliphatic carbocycles. The highest BCUT2D eigenvalue weighted by Gasteiger charge is 2.29. The highest BCUT2D eigenvalue weighted by atomic mass is 15.1. The molecule has 6 heteroatoms. The normalized spacial score (nSPS) is 18.1. The highest BCUT2D eigenvalue weighted by molar-refractivity contribution is 5.26. The van der Waals surface area contributed by atoms with Crippen molar-refractivity contribution in [3.63, 3.8) is 0 Å². The van der Waals surface area contributed by atoms with Crippen LogP contribution in [0.3, 0.4) is 0 Å². The minimum Gasteiger partial charge on any atom is -0.368 e. The second kappa shape index (κ2) is 3.38. The first kappa shape index (κ1) is 9.14. The van der Waals surface area contributed by atoms with Gasteiger partial charge < -0.3 is 17.2 Å². The van der Waals surface area contributed by atoms with Gasteiger partial charge in [0.15, 0.2) is 0 Å². The van der Waals surface area contributed by atoms with Crippen molar-refractivity contribution in [2.45, 2.75) is 25.3 Å². The van der Waals surface area contributed by atoms with Gasteiger partial charge >= 0.3 is 0 Å². The summed E-state index contributed by atoms with van der Waals surface area (Å²) in [5, 5.41) is 0. The van der Waals surface area contributed by atoms with E-state index in [1.165, 1.54) is 12.8 Å². The molecule has 2 rings (SSSR count). The van der Waals surface area contributed by atoms with Gasteiger partial charge in [0.25, 0.3) is 0 Å². The van der Waals surface area contributed by atoms with Gasteiger partial charge in [0.1, 0.15) is 5.82 Å². The Morgan fingerprint density at radius 3 is 2.21 bits per heavy atom. The minimum absolute atomic E-state index is 0.121. The molecule has 14 heavy (non-hydrogen) atoms. The van der Waals surface area contributed by atoms with Gasteiger partial charge in [-0.1, -0.05) is 0 Å². The maximum Gasteiger partial charge on any atom is 0.225 e. The zero-order chi connectivity index (χ0) is 10.1. The number of aromatic nitrogens is 3. The first-order valence-electron chi connectivity index (χ1n) is 4.66. The lowest BCUT2D eigenvalue weighted by Gasteiger charge is -2.08. The van der Waals surface area contributed by atoms with Crippen molar-refractivity contribution in [2.75, 3.05) is 11.5 Å². The van der Waals surface area contributed by atoms with Gasteiger partial charge in [-0.2, -0.15) is 15.0 Å². The monoisotopic (exact) mass is 194 g/mol. The third-order valence-electron chi connectivity index (χ3n) is 2.36. The molecular weight excluding hydrogens is 180 g/mol. The Morgan fingerprint density at radius 2 is 1.71 bits per heavy atom. The molecule has 1 heterocycles. The Labute approximate surface area is 81.9 Å². The van der Waals surface area contributed by atoms with E-state index < -0.39 is 0 Å². The summed E-state index contributed by atoms with van der Waals surface area (Å²) in [5.41, 5.74) is 16.8. The smallest absolute Gasteiger partial charge is 0.225 e. The molecule has 0 amide bonds. The van der Waals surface area contributed by atoms with E-state index >= 15 is 0 Å². The van der Waals surface area contributed by atoms with Crippen LogP contribution in [0.25, 0.3) is 0 Å². The number of hydrogen-bond acceptors (Lipinski definition) is 6. The lowest BCUT2D eigenvalue weighted by molar-refractivity contribution is 0.575. The van der Waals surface area contributed by atoms with Gasteiger partial charge in [0.05, 0.1) is 0 Å². The summed E-state index contributed by atoms with van der Waals surface area (Å²) in [6.45, 7) is 0. The molecule has 1 unspecified atom stereocenters. The molecule has 0 aliphatic heterocycles. The summed E-state index contributed by atoms with van der Waals surface area (Å²) in [6, 6.07) is 0.121. The first-order valence-corrected chi connectivity index (χ1v) is 4.66. The second-order valence-corrected chi connectivity index (χ2v) is 3.67. The number of nitrogens with two attached hydrogens (primary N) is 3. The van der Waals surface area contributed by atoms with Crippen LogP contribution >= 0.6 is 0 Å². The van der Waals surface area contributed by atoms with Crippen LogP contribution in [-0.4, -0.2) is 21.0 Å². The van der Waals surface area contributed by atoms with Gasteiger partial charge in [-0.3, -0.25) is 0 Å². The summed E-state index contributed by atoms with van der Waals surface area (Å²) in [4.78, 5) is 11.7. The summed E-state index contributed by atoms with van der Waals surface area (Å²) < 4.78 is 0. The molecule has 0 radical (unpaired) electrons. The standard InChI is InChI=1S/C8H14N6/c9-5(4-1-2-4)3-6-12-7(10)14-8(11)13-6/h4-5H,1-3,9H2,(H4,10,11,12,13,14). The van der Waals surface area contributed by atoms with Crippen LogP contribution in [0.2, 0.25) is 0 Å². The van der Waals surface area contributed by atoms with Crippen LogP contribution < -0.4 is 17.2 Å². The molecule has 6 nitrogen and oxygen atoms in total. The average molecular weight is 194 g/mol. The van der Waals surface area contributed by atoms with E-state index in [1.54, 1.807) is 0 Å². The molecule has 76 valence electrons. The minimum atomic E-state index is 0.121. The largest absolute Gasteiger partial charge is 0.368 e. The van der Waals surface area contributed by atoms with E-state index in [-0.39, 0.29) is 17.9 Å². The molecule has 1 aromatic rings. The molecule has 0 bridgehead atoms. The Morgan fingerprint density at radius 1 is 1.14 bits per heavy atom. The van der Waals surface area contributed by atoms with Gasteiger partial charge in [-0.15, -0.1) is 0 Å². The lowest BCUT2D eigenvalue weighted by Crippen LogP contribution is -2.26. The molecule has 6 N–H and O–H groups in total. The Balaban J connectivity index is 2.07. The fourth-order valence-electron chi connectivity index (χ4n) is 1.45. The Hall–Kier alpha value is -1.43. The Kier molecular flexibility index (Phi) is 2.20. The number of nitrogen functional groups attached to an aromatic ring is 2. The van der Waals surface area contributed by atoms with E-state index in [9.17, 15) is 0 Å². The molecule has 0 aromatic carbocycles. The second-order valence-electron chi connectivity index (χ2n) is 3.67. The number of anilines is 2. The van der Waals surface area contributed by atoms with Crippen molar-refractivity contribution in [2.24, 2.45) is 11.7 Å². The summed E-state index contributed by atoms with van der Waals surface area (Å²) >= 11 is 0. The summed E-state index contributed by atoms with van der Waals surface area (Å²) in [7, 11) is 0. The van der Waals surface area contributed by atoms with Crippen molar-refractivity contribution in [3.05, 3.63) is 5.82 Å². The molecule has 1 fully saturated rings. The fraction of sp³-hybridized carbons (Fsp3) is 0.625. The van der Waals surface area contributed by atoms with Crippen LogP contribution in [0.15, 0.2) is 0 Å². The van der Waals surface area contributed by atoms with Crippen molar-refractivity contribution >= 4 is 11.9 Å². The SMILES string of the molecule is Nc1nc(N)nc(CC(N)C2CC2)n1. The molecule has 1 aromatic heterocycles. The van der Waals surface area contributed by atoms with Crippen molar-refractivity contribution in [3.8, 4) is 0 Å². The molecule has 1 saturated carbocycles. The van der Waals surface area contributed by atoms with Gasteiger partial charge in [-0.05, 0) is 18.8 Å². The van der Waals surface area contributed by atoms with Gasteiger partial charge in [-0.25, -0.2) is 0 Å². The zero-order valence-corrected chi connectivity index (χ0v) is 7.85. The van der Waals surface area contributed by atoms with Crippen LogP contribution in [0.4, 0.5) is 11.9 Å². The van der Waals surface area contributed by atoms with Crippen LogP contribution in [-0.2, 0) is 6.42 Å². The zero-order valence-electron chi connectivity index (χ0n) is 7.85. The first-order chi connectivity index (χ1) is 6.65. The maximum atomic E-state index is 5.93. The van der Waals surface area contributed by atoms with Crippen molar-refractivity contribution in [1.29, 1.82) is 0 Å². The van der Waals surface area contributed by atoms with Crippen LogP contribution in [0, 0.1) is 5.92 Å². The van der Waals surface area contributed by atoms with Crippen LogP contribution in [0.1, 0.15) is 18.7 Å². The molecule has 0 spiro atoms. The number of hydrogen-bond donors (Lipinski definition) is 3. The van der Waals surface area contributed by atoms with E-state index in [4.69, 9.17) is 17.2 Å². The summed E-state index contributed by atoms with van der Waals surface area (Å²) in [6.07, 6.45) is 3.04. The van der Waals surface area contributed by atoms with Crippen molar-refractivity contribution in [1.82, 2.24) is 15.0 Å². The molecule has 1 aliphatic rings. The molecule has 1 atom stereocenters. The predicted octanol–water partition coefficient (Wildman–Crippen LogP) is -0.684. The van der Waals surface area contributed by atoms with Crippen LogP contribution in [0.5, 0.6) is 0 Å². The van der Waals surface area contributed by atoms with Gasteiger partial charge in [0, 0.05) is 12.5 Å². The lowest BCUT2D eigenvalue weighted by atomic mass is 10.1. The summed E-state index contributed by atoms with van der Waals surface area (Å²) in [5.74, 6) is 1.54. The van der Waals surface area contributed by atoms with Gasteiger partial charge in [0.2, 0.25) is 11.9 Å². The van der Waals surface area contributed by atoms with E-state index in [0.717, 1.165) is 0 Å². The highest BCUT2D eigenvalue weighted by Crippen LogP contribution is 2.32. The topological polar surface area (TPSA) is 117 Å². The van der Waals surface area contributed by atoms with E-state index in [1.807, 2.05) is 0 Å².